The number of amides is 1. The van der Waals surface area contributed by atoms with E-state index in [1.807, 2.05) is 6.92 Å². The second-order valence-electron chi connectivity index (χ2n) is 5.25. The molecular weight excluding hydrogens is 289 g/mol. The Morgan fingerprint density at radius 2 is 2.09 bits per heavy atom. The first-order valence-electron chi connectivity index (χ1n) is 7.22. The van der Waals surface area contributed by atoms with Crippen molar-refractivity contribution in [3.8, 4) is 11.5 Å². The number of likely N-dealkylation sites (N-methyl/N-ethyl adjacent to an activating group) is 1. The second kappa shape index (κ2) is 5.75. The summed E-state index contributed by atoms with van der Waals surface area (Å²) in [5.41, 5.74) is 0.485. The predicted octanol–water partition coefficient (Wildman–Crippen LogP) is 1.65. The van der Waals surface area contributed by atoms with Crippen molar-refractivity contribution in [1.82, 2.24) is 14.7 Å². The molecule has 0 atom stereocenters. The molecule has 0 aliphatic heterocycles. The predicted molar refractivity (Wildman–Crippen MR) is 76.6 cm³/mol. The van der Waals surface area contributed by atoms with E-state index in [0.717, 1.165) is 17.5 Å². The SMILES string of the molecule is CCN(C(=O)Cn1nc(-c2ccc(F)cc2)oc1=O)C1CC1. The molecule has 1 aromatic carbocycles. The summed E-state index contributed by atoms with van der Waals surface area (Å²) < 4.78 is 18.9. The van der Waals surface area contributed by atoms with Crippen molar-refractivity contribution in [1.29, 1.82) is 0 Å². The van der Waals surface area contributed by atoms with Crippen LogP contribution in [0.1, 0.15) is 19.8 Å². The number of hydrogen-bond acceptors (Lipinski definition) is 4. The van der Waals surface area contributed by atoms with E-state index >= 15 is 0 Å². The van der Waals surface area contributed by atoms with Crippen molar-refractivity contribution in [2.75, 3.05) is 6.54 Å². The maximum absolute atomic E-state index is 12.9. The molecule has 1 heterocycles. The fourth-order valence-corrected chi connectivity index (χ4v) is 2.36. The van der Waals surface area contributed by atoms with Crippen molar-refractivity contribution >= 4 is 5.91 Å². The minimum atomic E-state index is -0.695. The standard InChI is InChI=1S/C15H16FN3O3/c1-2-18(12-7-8-12)13(20)9-19-15(21)22-14(17-19)10-3-5-11(16)6-4-10/h3-6,12H,2,7-9H2,1H3. The molecule has 1 aliphatic carbocycles. The highest BCUT2D eigenvalue weighted by Gasteiger charge is 2.31. The molecule has 22 heavy (non-hydrogen) atoms. The molecule has 1 saturated carbocycles. The Morgan fingerprint density at radius 1 is 1.41 bits per heavy atom. The third-order valence-electron chi connectivity index (χ3n) is 3.63. The largest absolute Gasteiger partial charge is 0.437 e. The first-order chi connectivity index (χ1) is 10.6. The van der Waals surface area contributed by atoms with E-state index in [-0.39, 0.29) is 30.2 Å². The van der Waals surface area contributed by atoms with E-state index in [4.69, 9.17) is 4.42 Å². The Kier molecular flexibility index (Phi) is 3.79. The second-order valence-corrected chi connectivity index (χ2v) is 5.25. The summed E-state index contributed by atoms with van der Waals surface area (Å²) in [6.45, 7) is 2.38. The number of carbonyl (C=O) groups is 1. The van der Waals surface area contributed by atoms with E-state index < -0.39 is 5.76 Å². The molecule has 0 unspecified atom stereocenters. The zero-order valence-electron chi connectivity index (χ0n) is 12.2. The van der Waals surface area contributed by atoms with E-state index in [1.54, 1.807) is 4.90 Å². The summed E-state index contributed by atoms with van der Waals surface area (Å²) in [6.07, 6.45) is 2.02. The summed E-state index contributed by atoms with van der Waals surface area (Å²) in [5, 5.41) is 4.01. The van der Waals surface area contributed by atoms with Gasteiger partial charge in [0.2, 0.25) is 11.8 Å². The number of nitrogens with zero attached hydrogens (tertiary/aromatic N) is 3. The van der Waals surface area contributed by atoms with Crippen LogP contribution in [0.2, 0.25) is 0 Å². The molecule has 1 fully saturated rings. The minimum Gasteiger partial charge on any atom is -0.388 e. The molecule has 0 saturated heterocycles. The molecule has 116 valence electrons. The molecule has 7 heteroatoms. The maximum Gasteiger partial charge on any atom is 0.437 e. The molecule has 0 spiro atoms. The van der Waals surface area contributed by atoms with Gasteiger partial charge in [-0.3, -0.25) is 4.79 Å². The molecule has 3 rings (SSSR count). The van der Waals surface area contributed by atoms with Gasteiger partial charge in [0.15, 0.2) is 0 Å². The van der Waals surface area contributed by atoms with E-state index in [0.29, 0.717) is 12.1 Å². The van der Waals surface area contributed by atoms with Gasteiger partial charge in [0.25, 0.3) is 0 Å². The highest BCUT2D eigenvalue weighted by Crippen LogP contribution is 2.26. The first-order valence-corrected chi connectivity index (χ1v) is 7.22. The summed E-state index contributed by atoms with van der Waals surface area (Å²) >= 11 is 0. The van der Waals surface area contributed by atoms with E-state index in [2.05, 4.69) is 5.10 Å². The lowest BCUT2D eigenvalue weighted by molar-refractivity contribution is -0.132. The highest BCUT2D eigenvalue weighted by molar-refractivity contribution is 5.76. The molecule has 0 N–H and O–H groups in total. The van der Waals surface area contributed by atoms with Crippen molar-refractivity contribution < 1.29 is 13.6 Å². The Labute approximate surface area is 126 Å². The van der Waals surface area contributed by atoms with E-state index in [9.17, 15) is 14.0 Å². The number of halogens is 1. The minimum absolute atomic E-state index is 0.0762. The number of carbonyl (C=O) groups excluding carboxylic acids is 1. The molecular formula is C15H16FN3O3. The summed E-state index contributed by atoms with van der Waals surface area (Å²) in [7, 11) is 0. The van der Waals surface area contributed by atoms with Gasteiger partial charge in [-0.15, -0.1) is 5.10 Å². The molecule has 6 nitrogen and oxygen atoms in total. The molecule has 1 amide bonds. The lowest BCUT2D eigenvalue weighted by Crippen LogP contribution is -2.37. The van der Waals surface area contributed by atoms with Crippen LogP contribution in [0.5, 0.6) is 0 Å². The van der Waals surface area contributed by atoms with Crippen molar-refractivity contribution in [2.24, 2.45) is 0 Å². The number of hydrogen-bond donors (Lipinski definition) is 0. The molecule has 0 radical (unpaired) electrons. The monoisotopic (exact) mass is 305 g/mol. The highest BCUT2D eigenvalue weighted by atomic mass is 19.1. The lowest BCUT2D eigenvalue weighted by Gasteiger charge is -2.19. The van der Waals surface area contributed by atoms with Crippen LogP contribution >= 0.6 is 0 Å². The average Bonchev–Trinajstić information content (AvgIpc) is 3.26. The Bertz CT molecular complexity index is 731. The van der Waals surface area contributed by atoms with Gasteiger partial charge in [-0.2, -0.15) is 4.68 Å². The van der Waals surface area contributed by atoms with Gasteiger partial charge in [0.1, 0.15) is 12.4 Å². The zero-order valence-corrected chi connectivity index (χ0v) is 12.2. The molecule has 2 aromatic rings. The van der Waals surface area contributed by atoms with Crippen molar-refractivity contribution in [3.63, 3.8) is 0 Å². The smallest absolute Gasteiger partial charge is 0.388 e. The van der Waals surface area contributed by atoms with Crippen LogP contribution in [0.15, 0.2) is 33.5 Å². The van der Waals surface area contributed by atoms with Crippen LogP contribution in [-0.4, -0.2) is 33.2 Å². The average molecular weight is 305 g/mol. The van der Waals surface area contributed by atoms with Crippen LogP contribution in [0.25, 0.3) is 11.5 Å². The molecule has 1 aromatic heterocycles. The summed E-state index contributed by atoms with van der Waals surface area (Å²) in [6, 6.07) is 5.73. The van der Waals surface area contributed by atoms with Crippen LogP contribution in [0, 0.1) is 5.82 Å². The third-order valence-corrected chi connectivity index (χ3v) is 3.63. The number of aromatic nitrogens is 2. The summed E-state index contributed by atoms with van der Waals surface area (Å²) in [4.78, 5) is 25.8. The third kappa shape index (κ3) is 2.93. The first kappa shape index (κ1) is 14.5. The fourth-order valence-electron chi connectivity index (χ4n) is 2.36. The van der Waals surface area contributed by atoms with Gasteiger partial charge >= 0.3 is 5.76 Å². The van der Waals surface area contributed by atoms with Crippen LogP contribution < -0.4 is 5.76 Å². The molecule has 1 aliphatic rings. The maximum atomic E-state index is 12.9. The normalized spacial score (nSPS) is 14.1. The van der Waals surface area contributed by atoms with Crippen LogP contribution in [-0.2, 0) is 11.3 Å². The Balaban J connectivity index is 1.79. The van der Waals surface area contributed by atoms with Crippen LogP contribution in [0.3, 0.4) is 0 Å². The van der Waals surface area contributed by atoms with Gasteiger partial charge < -0.3 is 9.32 Å². The van der Waals surface area contributed by atoms with Crippen molar-refractivity contribution in [3.05, 3.63) is 40.6 Å². The van der Waals surface area contributed by atoms with Gasteiger partial charge in [-0.05, 0) is 44.0 Å². The van der Waals surface area contributed by atoms with Gasteiger partial charge in [0, 0.05) is 18.2 Å². The number of benzene rings is 1. The fraction of sp³-hybridized carbons (Fsp3) is 0.400. The lowest BCUT2D eigenvalue weighted by atomic mass is 10.2. The van der Waals surface area contributed by atoms with Gasteiger partial charge in [-0.25, -0.2) is 9.18 Å². The Morgan fingerprint density at radius 3 is 2.68 bits per heavy atom. The quantitative estimate of drug-likeness (QED) is 0.842. The van der Waals surface area contributed by atoms with Gasteiger partial charge in [-0.1, -0.05) is 0 Å². The number of rotatable bonds is 5. The van der Waals surface area contributed by atoms with Gasteiger partial charge in [0.05, 0.1) is 0 Å². The Hall–Kier alpha value is -2.44. The molecule has 0 bridgehead atoms. The van der Waals surface area contributed by atoms with Crippen LogP contribution in [0.4, 0.5) is 4.39 Å². The van der Waals surface area contributed by atoms with Crippen molar-refractivity contribution in [2.45, 2.75) is 32.4 Å². The summed E-state index contributed by atoms with van der Waals surface area (Å²) in [5.74, 6) is -1.15. The van der Waals surface area contributed by atoms with E-state index in [1.165, 1.54) is 24.3 Å². The topological polar surface area (TPSA) is 68.3 Å². The zero-order chi connectivity index (χ0) is 15.7.